The molecule has 4 rings (SSSR count). The Morgan fingerprint density at radius 3 is 2.62 bits per heavy atom. The lowest BCUT2D eigenvalue weighted by molar-refractivity contribution is -0.120. The number of hydrogen-bond donors (Lipinski definition) is 1. The molecule has 8 nitrogen and oxygen atoms in total. The molecule has 3 aromatic rings. The molecule has 1 aliphatic heterocycles. The molecule has 1 N–H and O–H groups in total. The predicted octanol–water partition coefficient (Wildman–Crippen LogP) is 4.04. The molecule has 1 aliphatic rings. The van der Waals surface area contributed by atoms with E-state index in [1.807, 2.05) is 6.07 Å². The van der Waals surface area contributed by atoms with E-state index in [9.17, 15) is 18.0 Å². The van der Waals surface area contributed by atoms with Crippen molar-refractivity contribution >= 4 is 49.0 Å². The SMILES string of the molecule is COC(=O)c1cc2cc(NC(=O)C3CCCN(S(=O)(=O)c4ccc(OC)c(C)c4)C3)ccc2s1. The molecular weight excluding hydrogens is 476 g/mol. The fourth-order valence-electron chi connectivity index (χ4n) is 4.10. The van der Waals surface area contributed by atoms with Crippen molar-refractivity contribution in [3.05, 3.63) is 52.9 Å². The second-order valence-electron chi connectivity index (χ2n) is 8.18. The van der Waals surface area contributed by atoms with Crippen molar-refractivity contribution in [2.75, 3.05) is 32.6 Å². The molecule has 1 aromatic heterocycles. The molecule has 1 unspecified atom stereocenters. The smallest absolute Gasteiger partial charge is 0.348 e. The third-order valence-corrected chi connectivity index (χ3v) is 8.89. The minimum absolute atomic E-state index is 0.117. The number of hydrogen-bond acceptors (Lipinski definition) is 7. The Labute approximate surface area is 202 Å². The van der Waals surface area contributed by atoms with Gasteiger partial charge in [-0.05, 0) is 73.2 Å². The van der Waals surface area contributed by atoms with E-state index in [0.717, 1.165) is 15.6 Å². The Balaban J connectivity index is 1.48. The van der Waals surface area contributed by atoms with Gasteiger partial charge in [0.2, 0.25) is 15.9 Å². The van der Waals surface area contributed by atoms with Gasteiger partial charge in [-0.1, -0.05) is 0 Å². The van der Waals surface area contributed by atoms with Crippen molar-refractivity contribution in [1.29, 1.82) is 0 Å². The fraction of sp³-hybridized carbons (Fsp3) is 0.333. The van der Waals surface area contributed by atoms with Gasteiger partial charge in [0.1, 0.15) is 10.6 Å². The predicted molar refractivity (Wildman–Crippen MR) is 131 cm³/mol. The molecule has 0 aliphatic carbocycles. The van der Waals surface area contributed by atoms with Crippen LogP contribution in [0.2, 0.25) is 0 Å². The number of benzene rings is 2. The van der Waals surface area contributed by atoms with Gasteiger partial charge < -0.3 is 14.8 Å². The van der Waals surface area contributed by atoms with Gasteiger partial charge in [-0.3, -0.25) is 4.79 Å². The second kappa shape index (κ2) is 9.73. The van der Waals surface area contributed by atoms with Crippen LogP contribution in [-0.4, -0.2) is 51.9 Å². The van der Waals surface area contributed by atoms with Crippen LogP contribution < -0.4 is 10.1 Å². The summed E-state index contributed by atoms with van der Waals surface area (Å²) in [5.74, 6) is -0.473. The summed E-state index contributed by atoms with van der Waals surface area (Å²) < 4.78 is 38.7. The number of rotatable bonds is 6. The zero-order valence-corrected chi connectivity index (χ0v) is 20.8. The van der Waals surface area contributed by atoms with Crippen LogP contribution in [0.15, 0.2) is 47.4 Å². The van der Waals surface area contributed by atoms with Crippen LogP contribution >= 0.6 is 11.3 Å². The van der Waals surface area contributed by atoms with Crippen LogP contribution in [0.1, 0.15) is 28.1 Å². The van der Waals surface area contributed by atoms with E-state index in [-0.39, 0.29) is 17.3 Å². The number of ether oxygens (including phenoxy) is 2. The van der Waals surface area contributed by atoms with Crippen LogP contribution in [-0.2, 0) is 19.6 Å². The summed E-state index contributed by atoms with van der Waals surface area (Å²) >= 11 is 1.32. The van der Waals surface area contributed by atoms with E-state index in [4.69, 9.17) is 9.47 Å². The summed E-state index contributed by atoms with van der Waals surface area (Å²) in [6.07, 6.45) is 1.20. The Hall–Kier alpha value is -2.95. The van der Waals surface area contributed by atoms with Crippen molar-refractivity contribution in [2.45, 2.75) is 24.7 Å². The van der Waals surface area contributed by atoms with Crippen molar-refractivity contribution in [1.82, 2.24) is 4.31 Å². The normalized spacial score (nSPS) is 16.9. The lowest BCUT2D eigenvalue weighted by Gasteiger charge is -2.31. The average molecular weight is 503 g/mol. The number of piperidine rings is 1. The van der Waals surface area contributed by atoms with Gasteiger partial charge in [0.05, 0.1) is 25.0 Å². The number of anilines is 1. The third kappa shape index (κ3) is 4.79. The van der Waals surface area contributed by atoms with E-state index in [2.05, 4.69) is 5.32 Å². The zero-order chi connectivity index (χ0) is 24.5. The molecule has 2 heterocycles. The maximum atomic E-state index is 13.2. The summed E-state index contributed by atoms with van der Waals surface area (Å²) in [6.45, 7) is 2.28. The number of thiophene rings is 1. The first kappa shape index (κ1) is 24.2. The molecule has 34 heavy (non-hydrogen) atoms. The highest BCUT2D eigenvalue weighted by atomic mass is 32.2. The number of carbonyl (C=O) groups excluding carboxylic acids is 2. The van der Waals surface area contributed by atoms with Gasteiger partial charge in [0.25, 0.3) is 0 Å². The topological polar surface area (TPSA) is 102 Å². The number of sulfonamides is 1. The summed E-state index contributed by atoms with van der Waals surface area (Å²) in [4.78, 5) is 25.4. The number of methoxy groups -OCH3 is 2. The first-order valence-corrected chi connectivity index (χ1v) is 13.1. The largest absolute Gasteiger partial charge is 0.496 e. The van der Waals surface area contributed by atoms with E-state index in [1.165, 1.54) is 28.8 Å². The van der Waals surface area contributed by atoms with Crippen LogP contribution in [0.4, 0.5) is 5.69 Å². The van der Waals surface area contributed by atoms with Gasteiger partial charge in [0.15, 0.2) is 0 Å². The first-order chi connectivity index (χ1) is 16.2. The monoisotopic (exact) mass is 502 g/mol. The molecule has 0 bridgehead atoms. The fourth-order valence-corrected chi connectivity index (χ4v) is 6.67. The van der Waals surface area contributed by atoms with Crippen molar-refractivity contribution in [3.63, 3.8) is 0 Å². The van der Waals surface area contributed by atoms with Crippen molar-refractivity contribution < 1.29 is 27.5 Å². The number of nitrogens with zero attached hydrogens (tertiary/aromatic N) is 1. The van der Waals surface area contributed by atoms with Crippen molar-refractivity contribution in [3.8, 4) is 5.75 Å². The molecule has 0 radical (unpaired) electrons. The van der Waals surface area contributed by atoms with Crippen LogP contribution in [0.25, 0.3) is 10.1 Å². The lowest BCUT2D eigenvalue weighted by Crippen LogP contribution is -2.43. The molecule has 0 saturated carbocycles. The Morgan fingerprint density at radius 2 is 1.91 bits per heavy atom. The summed E-state index contributed by atoms with van der Waals surface area (Å²) in [6, 6.07) is 11.9. The first-order valence-electron chi connectivity index (χ1n) is 10.8. The van der Waals surface area contributed by atoms with Gasteiger partial charge in [-0.25, -0.2) is 13.2 Å². The maximum Gasteiger partial charge on any atom is 0.348 e. The van der Waals surface area contributed by atoms with E-state index < -0.39 is 21.9 Å². The number of amides is 1. The highest BCUT2D eigenvalue weighted by Crippen LogP contribution is 2.30. The Kier molecular flexibility index (Phi) is 6.92. The number of aryl methyl sites for hydroxylation is 1. The van der Waals surface area contributed by atoms with Gasteiger partial charge in [-0.15, -0.1) is 11.3 Å². The molecule has 2 aromatic carbocycles. The van der Waals surface area contributed by atoms with Gasteiger partial charge in [0, 0.05) is 23.5 Å². The summed E-state index contributed by atoms with van der Waals surface area (Å²) in [7, 11) is -0.855. The average Bonchev–Trinajstić information content (AvgIpc) is 3.27. The highest BCUT2D eigenvalue weighted by Gasteiger charge is 2.33. The molecule has 1 saturated heterocycles. The van der Waals surface area contributed by atoms with E-state index in [1.54, 1.807) is 44.4 Å². The molecule has 10 heteroatoms. The number of carbonyl (C=O) groups is 2. The highest BCUT2D eigenvalue weighted by molar-refractivity contribution is 7.89. The number of nitrogens with one attached hydrogen (secondary N) is 1. The third-order valence-electron chi connectivity index (χ3n) is 5.93. The molecular formula is C24H26N2O6S2. The molecule has 1 atom stereocenters. The quantitative estimate of drug-likeness (QED) is 0.511. The maximum absolute atomic E-state index is 13.2. The van der Waals surface area contributed by atoms with Crippen LogP contribution in [0, 0.1) is 12.8 Å². The Bertz CT molecular complexity index is 1350. The number of fused-ring (bicyclic) bond motifs is 1. The summed E-state index contributed by atoms with van der Waals surface area (Å²) in [5.41, 5.74) is 1.33. The van der Waals surface area contributed by atoms with Gasteiger partial charge >= 0.3 is 5.97 Å². The number of esters is 1. The molecule has 0 spiro atoms. The standard InChI is InChI=1S/C24H26N2O6S2/c1-15-11-19(7-8-20(15)31-2)34(29,30)26-10-4-5-16(14-26)23(27)25-18-6-9-21-17(12-18)13-22(33-21)24(28)32-3/h6-9,11-13,16H,4-5,10,14H2,1-3H3,(H,25,27). The van der Waals surface area contributed by atoms with Crippen LogP contribution in [0.3, 0.4) is 0 Å². The molecule has 1 fully saturated rings. The summed E-state index contributed by atoms with van der Waals surface area (Å²) in [5, 5.41) is 3.73. The molecule has 1 amide bonds. The second-order valence-corrected chi connectivity index (χ2v) is 11.2. The van der Waals surface area contributed by atoms with Crippen LogP contribution in [0.5, 0.6) is 5.75 Å². The minimum Gasteiger partial charge on any atom is -0.496 e. The Morgan fingerprint density at radius 1 is 1.12 bits per heavy atom. The zero-order valence-electron chi connectivity index (χ0n) is 19.2. The molecule has 180 valence electrons. The van der Waals surface area contributed by atoms with E-state index >= 15 is 0 Å². The lowest BCUT2D eigenvalue weighted by atomic mass is 9.98. The minimum atomic E-state index is -3.73. The van der Waals surface area contributed by atoms with E-state index in [0.29, 0.717) is 35.7 Å². The van der Waals surface area contributed by atoms with Gasteiger partial charge in [-0.2, -0.15) is 4.31 Å². The van der Waals surface area contributed by atoms with Crippen molar-refractivity contribution in [2.24, 2.45) is 5.92 Å².